The number of sulfone groups is 1. The van der Waals surface area contributed by atoms with E-state index in [4.69, 9.17) is 4.74 Å². The normalized spacial score (nSPS) is 25.1. The lowest BCUT2D eigenvalue weighted by molar-refractivity contribution is -0.128. The van der Waals surface area contributed by atoms with E-state index in [1.807, 2.05) is 0 Å². The van der Waals surface area contributed by atoms with Gasteiger partial charge in [0.2, 0.25) is 5.91 Å². The zero-order valence-electron chi connectivity index (χ0n) is 14.4. The van der Waals surface area contributed by atoms with Gasteiger partial charge in [-0.2, -0.15) is 0 Å². The molecule has 0 saturated carbocycles. The number of benzene rings is 1. The van der Waals surface area contributed by atoms with Crippen LogP contribution < -0.4 is 4.74 Å². The maximum Gasteiger partial charge on any atom is 0.223 e. The minimum atomic E-state index is -2.90. The number of rotatable bonds is 5. The van der Waals surface area contributed by atoms with Crippen LogP contribution in [0.15, 0.2) is 24.3 Å². The second-order valence-corrected chi connectivity index (χ2v) is 9.65. The van der Waals surface area contributed by atoms with Crippen LogP contribution in [0.25, 0.3) is 0 Å². The number of likely N-dealkylation sites (tertiary alicyclic amines) is 1. The molecule has 2 saturated heterocycles. The summed E-state index contributed by atoms with van der Waals surface area (Å²) in [6.07, 6.45) is 1.74. The summed E-state index contributed by atoms with van der Waals surface area (Å²) in [4.78, 5) is 14.1. The van der Waals surface area contributed by atoms with Crippen molar-refractivity contribution in [1.82, 2.24) is 4.90 Å². The number of carbonyl (C=O) groups excluding carboxylic acids is 1. The van der Waals surface area contributed by atoms with E-state index in [0.717, 1.165) is 0 Å². The topological polar surface area (TPSA) is 63.7 Å². The average Bonchev–Trinajstić information content (AvgIpc) is 2.94. The van der Waals surface area contributed by atoms with Crippen LogP contribution in [0.4, 0.5) is 4.39 Å². The fourth-order valence-corrected chi connectivity index (χ4v) is 5.43. The maximum atomic E-state index is 12.9. The van der Waals surface area contributed by atoms with Crippen LogP contribution in [0.2, 0.25) is 0 Å². The van der Waals surface area contributed by atoms with E-state index in [-0.39, 0.29) is 34.6 Å². The lowest BCUT2D eigenvalue weighted by Crippen LogP contribution is -2.38. The van der Waals surface area contributed by atoms with E-state index < -0.39 is 9.84 Å². The van der Waals surface area contributed by atoms with E-state index >= 15 is 0 Å². The molecule has 7 heteroatoms. The van der Waals surface area contributed by atoms with Crippen molar-refractivity contribution in [3.05, 3.63) is 30.1 Å². The van der Waals surface area contributed by atoms with Crippen molar-refractivity contribution in [2.75, 3.05) is 31.2 Å². The molecule has 1 unspecified atom stereocenters. The first kappa shape index (κ1) is 18.2. The van der Waals surface area contributed by atoms with E-state index in [1.165, 1.54) is 12.1 Å². The van der Waals surface area contributed by atoms with Crippen LogP contribution in [0.1, 0.15) is 26.2 Å². The molecule has 0 bridgehead atoms. The molecular formula is C18H24FNO4S. The van der Waals surface area contributed by atoms with Gasteiger partial charge in [-0.3, -0.25) is 4.79 Å². The van der Waals surface area contributed by atoms with Gasteiger partial charge in [0.25, 0.3) is 0 Å². The number of amides is 1. The largest absolute Gasteiger partial charge is 0.492 e. The molecule has 0 spiro atoms. The number of ether oxygens (including phenoxy) is 1. The van der Waals surface area contributed by atoms with Crippen molar-refractivity contribution >= 4 is 15.7 Å². The highest BCUT2D eigenvalue weighted by Gasteiger charge is 2.44. The van der Waals surface area contributed by atoms with Crippen LogP contribution in [-0.4, -0.2) is 50.4 Å². The smallest absolute Gasteiger partial charge is 0.223 e. The second kappa shape index (κ2) is 6.94. The Morgan fingerprint density at radius 3 is 2.52 bits per heavy atom. The fraction of sp³-hybridized carbons (Fsp3) is 0.611. The molecule has 0 N–H and O–H groups in total. The summed E-state index contributed by atoms with van der Waals surface area (Å²) >= 11 is 0. The molecule has 2 aliphatic heterocycles. The summed E-state index contributed by atoms with van der Waals surface area (Å²) in [6, 6.07) is 5.80. The molecule has 1 amide bonds. The number of hydrogen-bond acceptors (Lipinski definition) is 4. The summed E-state index contributed by atoms with van der Waals surface area (Å²) < 4.78 is 41.8. The van der Waals surface area contributed by atoms with Gasteiger partial charge in [-0.15, -0.1) is 0 Å². The number of halogens is 1. The van der Waals surface area contributed by atoms with Gasteiger partial charge in [0.15, 0.2) is 0 Å². The van der Waals surface area contributed by atoms with Crippen molar-refractivity contribution in [1.29, 1.82) is 0 Å². The summed E-state index contributed by atoms with van der Waals surface area (Å²) in [6.45, 7) is 3.61. The highest BCUT2D eigenvalue weighted by Crippen LogP contribution is 2.43. The molecule has 0 radical (unpaired) electrons. The predicted octanol–water partition coefficient (Wildman–Crippen LogP) is 2.27. The number of hydrogen-bond donors (Lipinski definition) is 0. The minimum absolute atomic E-state index is 0.0897. The number of nitrogens with zero attached hydrogens (tertiary/aromatic N) is 1. The maximum absolute atomic E-state index is 12.9. The second-order valence-electron chi connectivity index (χ2n) is 7.35. The molecule has 2 fully saturated rings. The monoisotopic (exact) mass is 369 g/mol. The van der Waals surface area contributed by atoms with Gasteiger partial charge in [-0.25, -0.2) is 12.8 Å². The Labute approximate surface area is 148 Å². The van der Waals surface area contributed by atoms with E-state index in [1.54, 1.807) is 17.0 Å². The first-order valence-electron chi connectivity index (χ1n) is 8.64. The van der Waals surface area contributed by atoms with Crippen LogP contribution in [0.3, 0.4) is 0 Å². The van der Waals surface area contributed by atoms with E-state index in [2.05, 4.69) is 6.92 Å². The Bertz CT molecular complexity index is 718. The van der Waals surface area contributed by atoms with Gasteiger partial charge in [0.05, 0.1) is 18.1 Å². The van der Waals surface area contributed by atoms with Gasteiger partial charge >= 0.3 is 0 Å². The van der Waals surface area contributed by atoms with Crippen molar-refractivity contribution in [2.24, 2.45) is 11.3 Å². The first-order valence-corrected chi connectivity index (χ1v) is 10.5. The summed E-state index contributed by atoms with van der Waals surface area (Å²) in [7, 11) is -2.90. The molecule has 1 atom stereocenters. The standard InChI is InChI=1S/C18H24FNO4S/c1-18(6-10-25(22,23)11-7-18)14-12-17(21)20(13-14)8-9-24-16-4-2-15(19)3-5-16/h2-5,14H,6-13H2,1H3. The molecule has 5 nitrogen and oxygen atoms in total. The third-order valence-corrected chi connectivity index (χ3v) is 7.26. The molecule has 25 heavy (non-hydrogen) atoms. The lowest BCUT2D eigenvalue weighted by atomic mass is 9.72. The Morgan fingerprint density at radius 1 is 1.24 bits per heavy atom. The van der Waals surface area contributed by atoms with Crippen LogP contribution in [-0.2, 0) is 14.6 Å². The zero-order chi connectivity index (χ0) is 18.1. The molecule has 3 rings (SSSR count). The van der Waals surface area contributed by atoms with Crippen LogP contribution in [0.5, 0.6) is 5.75 Å². The van der Waals surface area contributed by atoms with Crippen molar-refractivity contribution in [2.45, 2.75) is 26.2 Å². The van der Waals surface area contributed by atoms with Gasteiger partial charge in [-0.05, 0) is 48.4 Å². The molecule has 0 aromatic heterocycles. The number of carbonyl (C=O) groups is 1. The highest BCUT2D eigenvalue weighted by atomic mass is 32.2. The van der Waals surface area contributed by atoms with Crippen LogP contribution >= 0.6 is 0 Å². The van der Waals surface area contributed by atoms with Gasteiger partial charge in [0, 0.05) is 13.0 Å². The van der Waals surface area contributed by atoms with Crippen LogP contribution in [0, 0.1) is 17.2 Å². The van der Waals surface area contributed by atoms with Gasteiger partial charge in [0.1, 0.15) is 28.0 Å². The summed E-state index contributed by atoms with van der Waals surface area (Å²) in [5, 5.41) is 0. The third kappa shape index (κ3) is 4.32. The van der Waals surface area contributed by atoms with E-state index in [0.29, 0.717) is 44.7 Å². The van der Waals surface area contributed by atoms with Crippen molar-refractivity contribution < 1.29 is 22.3 Å². The third-order valence-electron chi connectivity index (χ3n) is 5.61. The minimum Gasteiger partial charge on any atom is -0.492 e. The quantitative estimate of drug-likeness (QED) is 0.799. The first-order chi connectivity index (χ1) is 11.8. The molecule has 138 valence electrons. The molecule has 1 aromatic rings. The van der Waals surface area contributed by atoms with Crippen molar-refractivity contribution in [3.8, 4) is 5.75 Å². The summed E-state index contributed by atoms with van der Waals surface area (Å²) in [5.74, 6) is 1.01. The van der Waals surface area contributed by atoms with E-state index in [9.17, 15) is 17.6 Å². The fourth-order valence-electron chi connectivity index (χ4n) is 3.67. The molecule has 2 heterocycles. The predicted molar refractivity (Wildman–Crippen MR) is 92.6 cm³/mol. The van der Waals surface area contributed by atoms with Gasteiger partial charge < -0.3 is 9.64 Å². The summed E-state index contributed by atoms with van der Waals surface area (Å²) in [5.41, 5.74) is -0.0897. The molecule has 2 aliphatic rings. The molecular weight excluding hydrogens is 345 g/mol. The highest BCUT2D eigenvalue weighted by molar-refractivity contribution is 7.91. The Balaban J connectivity index is 1.51. The Morgan fingerprint density at radius 2 is 1.88 bits per heavy atom. The molecule has 1 aromatic carbocycles. The zero-order valence-corrected chi connectivity index (χ0v) is 15.2. The van der Waals surface area contributed by atoms with Crippen molar-refractivity contribution in [3.63, 3.8) is 0 Å². The average molecular weight is 369 g/mol. The lowest BCUT2D eigenvalue weighted by Gasteiger charge is -2.38. The Hall–Kier alpha value is -1.63. The van der Waals surface area contributed by atoms with Gasteiger partial charge in [-0.1, -0.05) is 6.92 Å². The Kier molecular flexibility index (Phi) is 5.04. The molecule has 0 aliphatic carbocycles. The SMILES string of the molecule is CC1(C2CC(=O)N(CCOc3ccc(F)cc3)C2)CCS(=O)(=O)CC1.